The van der Waals surface area contributed by atoms with Gasteiger partial charge in [-0.2, -0.15) is 10.1 Å². The second-order valence-electron chi connectivity index (χ2n) is 8.18. The van der Waals surface area contributed by atoms with Crippen LogP contribution in [0.15, 0.2) is 10.6 Å². The molecule has 1 amide bonds. The summed E-state index contributed by atoms with van der Waals surface area (Å²) in [4.78, 5) is 21.8. The normalized spacial score (nSPS) is 18.6. The van der Waals surface area contributed by atoms with Crippen molar-refractivity contribution in [2.24, 2.45) is 5.92 Å². The number of nitrogens with zero attached hydrogens (tertiary/aromatic N) is 6. The average Bonchev–Trinajstić information content (AvgIpc) is 3.11. The van der Waals surface area contributed by atoms with Crippen molar-refractivity contribution in [2.75, 3.05) is 26.2 Å². The van der Waals surface area contributed by atoms with Crippen LogP contribution in [-0.4, -0.2) is 61.8 Å². The molecule has 2 aromatic heterocycles. The Morgan fingerprint density at radius 2 is 2.07 bits per heavy atom. The minimum Gasteiger partial charge on any atom is -0.340 e. The molecule has 1 fully saturated rings. The van der Waals surface area contributed by atoms with Gasteiger partial charge in [0.2, 0.25) is 11.8 Å². The summed E-state index contributed by atoms with van der Waals surface area (Å²) in [6, 6.07) is 1.98. The highest BCUT2D eigenvalue weighted by Gasteiger charge is 2.32. The fourth-order valence-corrected chi connectivity index (χ4v) is 3.89. The lowest BCUT2D eigenvalue weighted by atomic mass is 10.1. The van der Waals surface area contributed by atoms with E-state index in [4.69, 9.17) is 4.52 Å². The Bertz CT molecular complexity index is 796. The van der Waals surface area contributed by atoms with Gasteiger partial charge in [-0.25, -0.2) is 0 Å². The van der Waals surface area contributed by atoms with E-state index in [9.17, 15) is 4.79 Å². The zero-order valence-electron chi connectivity index (χ0n) is 17.7. The molecule has 8 heteroatoms. The first kappa shape index (κ1) is 20.5. The summed E-state index contributed by atoms with van der Waals surface area (Å²) >= 11 is 0. The lowest BCUT2D eigenvalue weighted by Crippen LogP contribution is -2.39. The van der Waals surface area contributed by atoms with Crippen molar-refractivity contribution in [3.05, 3.63) is 29.2 Å². The Labute approximate surface area is 166 Å². The second kappa shape index (κ2) is 8.86. The van der Waals surface area contributed by atoms with Crippen molar-refractivity contribution in [1.82, 2.24) is 29.7 Å². The Kier molecular flexibility index (Phi) is 6.49. The van der Waals surface area contributed by atoms with E-state index in [0.717, 1.165) is 37.4 Å². The zero-order valence-corrected chi connectivity index (χ0v) is 17.7. The first-order chi connectivity index (χ1) is 13.3. The van der Waals surface area contributed by atoms with Crippen LogP contribution in [0.2, 0.25) is 0 Å². The molecule has 0 aliphatic carbocycles. The van der Waals surface area contributed by atoms with Crippen LogP contribution in [0.5, 0.6) is 0 Å². The van der Waals surface area contributed by atoms with Gasteiger partial charge in [0.25, 0.3) is 0 Å². The molecule has 28 heavy (non-hydrogen) atoms. The highest BCUT2D eigenvalue weighted by atomic mass is 16.5. The summed E-state index contributed by atoms with van der Waals surface area (Å²) in [7, 11) is 0. The summed E-state index contributed by atoms with van der Waals surface area (Å²) in [5, 5.41) is 8.43. The molecule has 154 valence electrons. The van der Waals surface area contributed by atoms with E-state index in [0.29, 0.717) is 37.1 Å². The van der Waals surface area contributed by atoms with Crippen LogP contribution >= 0.6 is 0 Å². The average molecular weight is 389 g/mol. The highest BCUT2D eigenvalue weighted by molar-refractivity contribution is 5.76. The van der Waals surface area contributed by atoms with Crippen molar-refractivity contribution in [3.63, 3.8) is 0 Å². The van der Waals surface area contributed by atoms with Crippen LogP contribution < -0.4 is 0 Å². The second-order valence-corrected chi connectivity index (χ2v) is 8.18. The van der Waals surface area contributed by atoms with Gasteiger partial charge in [0.1, 0.15) is 6.04 Å². The van der Waals surface area contributed by atoms with Gasteiger partial charge in [-0.3, -0.25) is 14.4 Å². The third-order valence-corrected chi connectivity index (χ3v) is 5.13. The van der Waals surface area contributed by atoms with Crippen LogP contribution in [-0.2, 0) is 11.3 Å². The number of amides is 1. The quantitative estimate of drug-likeness (QED) is 0.756. The maximum atomic E-state index is 13.0. The number of hydrogen-bond donors (Lipinski definition) is 0. The number of carbonyl (C=O) groups excluding carboxylic acids is 1. The zero-order chi connectivity index (χ0) is 20.3. The maximum absolute atomic E-state index is 13.0. The van der Waals surface area contributed by atoms with Crippen molar-refractivity contribution >= 4 is 5.91 Å². The van der Waals surface area contributed by atoms with Gasteiger partial charge in [-0.05, 0) is 39.2 Å². The topological polar surface area (TPSA) is 80.3 Å². The Morgan fingerprint density at radius 3 is 2.68 bits per heavy atom. The van der Waals surface area contributed by atoms with Gasteiger partial charge in [-0.1, -0.05) is 19.0 Å². The van der Waals surface area contributed by atoms with E-state index in [1.54, 1.807) is 0 Å². The van der Waals surface area contributed by atoms with Crippen molar-refractivity contribution in [2.45, 2.75) is 60.0 Å². The summed E-state index contributed by atoms with van der Waals surface area (Å²) in [5.74, 6) is 1.92. The first-order valence-corrected chi connectivity index (χ1v) is 10.2. The molecular weight excluding hydrogens is 356 g/mol. The standard InChI is InChI=1S/C20H32N6O2/c1-14(2)12-24-8-6-9-25(13-18(24)20-21-17(5)23-28-20)19(27)7-10-26-16(4)11-15(3)22-26/h11,14,18H,6-10,12-13H2,1-5H3. The Morgan fingerprint density at radius 1 is 1.29 bits per heavy atom. The molecule has 1 aliphatic heterocycles. The largest absolute Gasteiger partial charge is 0.340 e. The Hall–Kier alpha value is -2.22. The SMILES string of the molecule is Cc1cc(C)n(CCC(=O)N2CCCN(CC(C)C)C(c3nc(C)no3)C2)n1. The summed E-state index contributed by atoms with van der Waals surface area (Å²) in [6.45, 7) is 14.1. The molecule has 1 saturated heterocycles. The number of carbonyl (C=O) groups is 1. The fraction of sp³-hybridized carbons (Fsp3) is 0.700. The van der Waals surface area contributed by atoms with Gasteiger partial charge >= 0.3 is 0 Å². The number of hydrogen-bond acceptors (Lipinski definition) is 6. The number of aryl methyl sites for hydroxylation is 4. The molecule has 2 aromatic rings. The summed E-state index contributed by atoms with van der Waals surface area (Å²) in [5.41, 5.74) is 2.07. The monoisotopic (exact) mass is 388 g/mol. The van der Waals surface area contributed by atoms with Crippen LogP contribution in [0.3, 0.4) is 0 Å². The van der Waals surface area contributed by atoms with Crippen LogP contribution in [0, 0.1) is 26.7 Å². The predicted octanol–water partition coefficient (Wildman–Crippen LogP) is 2.51. The molecule has 0 bridgehead atoms. The van der Waals surface area contributed by atoms with E-state index >= 15 is 0 Å². The van der Waals surface area contributed by atoms with Gasteiger partial charge in [-0.15, -0.1) is 0 Å². The smallest absolute Gasteiger partial charge is 0.245 e. The van der Waals surface area contributed by atoms with E-state index in [2.05, 4.69) is 34.0 Å². The minimum absolute atomic E-state index is 0.0521. The van der Waals surface area contributed by atoms with Crippen LogP contribution in [0.25, 0.3) is 0 Å². The van der Waals surface area contributed by atoms with Gasteiger partial charge in [0.15, 0.2) is 5.82 Å². The van der Waals surface area contributed by atoms with Gasteiger partial charge in [0.05, 0.1) is 5.69 Å². The molecule has 3 heterocycles. The van der Waals surface area contributed by atoms with Crippen LogP contribution in [0.1, 0.15) is 55.8 Å². The van der Waals surface area contributed by atoms with Crippen molar-refractivity contribution in [1.29, 1.82) is 0 Å². The van der Waals surface area contributed by atoms with E-state index < -0.39 is 0 Å². The lowest BCUT2D eigenvalue weighted by Gasteiger charge is -2.30. The van der Waals surface area contributed by atoms with E-state index in [-0.39, 0.29) is 11.9 Å². The van der Waals surface area contributed by atoms with Gasteiger partial charge < -0.3 is 9.42 Å². The lowest BCUT2D eigenvalue weighted by molar-refractivity contribution is -0.132. The molecule has 0 spiro atoms. The first-order valence-electron chi connectivity index (χ1n) is 10.2. The molecule has 0 N–H and O–H groups in total. The molecule has 3 rings (SSSR count). The number of aromatic nitrogens is 4. The molecule has 1 aliphatic rings. The molecule has 1 atom stereocenters. The third-order valence-electron chi connectivity index (χ3n) is 5.13. The molecule has 0 aromatic carbocycles. The van der Waals surface area contributed by atoms with Crippen molar-refractivity contribution < 1.29 is 9.32 Å². The Balaban J connectivity index is 1.70. The third kappa shape index (κ3) is 4.98. The molecule has 0 radical (unpaired) electrons. The predicted molar refractivity (Wildman–Crippen MR) is 106 cm³/mol. The molecule has 8 nitrogen and oxygen atoms in total. The maximum Gasteiger partial charge on any atom is 0.245 e. The molecular formula is C20H32N6O2. The van der Waals surface area contributed by atoms with E-state index in [1.807, 2.05) is 36.4 Å². The number of rotatable bonds is 6. The summed E-state index contributed by atoms with van der Waals surface area (Å²) < 4.78 is 7.40. The minimum atomic E-state index is -0.0521. The summed E-state index contributed by atoms with van der Waals surface area (Å²) in [6.07, 6.45) is 1.39. The highest BCUT2D eigenvalue weighted by Crippen LogP contribution is 2.25. The van der Waals surface area contributed by atoms with Crippen LogP contribution in [0.4, 0.5) is 0 Å². The van der Waals surface area contributed by atoms with Gasteiger partial charge in [0, 0.05) is 44.8 Å². The molecule has 0 saturated carbocycles. The molecule has 1 unspecified atom stereocenters. The van der Waals surface area contributed by atoms with E-state index in [1.165, 1.54) is 0 Å². The fourth-order valence-electron chi connectivity index (χ4n) is 3.89. The van der Waals surface area contributed by atoms with Crippen molar-refractivity contribution in [3.8, 4) is 0 Å².